The Kier molecular flexibility index (Phi) is 6.51. The summed E-state index contributed by atoms with van der Waals surface area (Å²) in [5, 5.41) is 0. The molecular formula is C28H30N2O6. The number of ether oxygens (including phenoxy) is 2. The van der Waals surface area contributed by atoms with Crippen LogP contribution in [-0.2, 0) is 4.79 Å². The molecule has 3 aliphatic rings. The molecule has 0 aromatic heterocycles. The van der Waals surface area contributed by atoms with Gasteiger partial charge in [0.25, 0.3) is 11.8 Å². The van der Waals surface area contributed by atoms with Gasteiger partial charge in [0.2, 0.25) is 5.91 Å². The number of benzene rings is 2. The molecule has 3 aliphatic heterocycles. The number of amides is 3. The van der Waals surface area contributed by atoms with Crippen molar-refractivity contribution in [2.24, 2.45) is 0 Å². The third-order valence-corrected chi connectivity index (χ3v) is 7.47. The third-order valence-electron chi connectivity index (χ3n) is 7.47. The Balaban J connectivity index is 1.05. The van der Waals surface area contributed by atoms with Crippen LogP contribution in [0.15, 0.2) is 42.5 Å². The number of hydrogen-bond donors (Lipinski definition) is 0. The van der Waals surface area contributed by atoms with Gasteiger partial charge in [0.05, 0.1) is 30.2 Å². The first-order chi connectivity index (χ1) is 17.4. The number of rotatable bonds is 7. The van der Waals surface area contributed by atoms with Crippen molar-refractivity contribution in [3.63, 3.8) is 0 Å². The second-order valence-corrected chi connectivity index (χ2v) is 9.75. The van der Waals surface area contributed by atoms with Crippen LogP contribution in [0.2, 0.25) is 0 Å². The Morgan fingerprint density at radius 3 is 2.31 bits per heavy atom. The number of methoxy groups -OCH3 is 1. The van der Waals surface area contributed by atoms with E-state index in [1.165, 1.54) is 4.90 Å². The Morgan fingerprint density at radius 2 is 1.64 bits per heavy atom. The largest absolute Gasteiger partial charge is 0.497 e. The van der Waals surface area contributed by atoms with Crippen molar-refractivity contribution in [1.29, 1.82) is 0 Å². The Labute approximate surface area is 210 Å². The molecule has 0 radical (unpaired) electrons. The van der Waals surface area contributed by atoms with E-state index in [1.807, 2.05) is 4.90 Å². The number of Topliss-reactive ketones (excluding diaryl/α,β-unsaturated/α-hetero) is 1. The van der Waals surface area contributed by atoms with Crippen molar-refractivity contribution in [2.75, 3.05) is 26.7 Å². The standard InChI is InChI=1S/C28H30N2O6/c1-35-19-10-11-24-22(17-19)23(31)18-28(36-24)12-15-29(16-13-28)25(32)9-3-2-6-14-30-26(33)20-7-4-5-8-21(20)27(30)34/h4-5,7-8,10-11,17H,2-3,6,9,12-16,18H2,1H3. The summed E-state index contributed by atoms with van der Waals surface area (Å²) < 4.78 is 11.5. The highest BCUT2D eigenvalue weighted by Gasteiger charge is 2.43. The predicted molar refractivity (Wildman–Crippen MR) is 131 cm³/mol. The zero-order valence-electron chi connectivity index (χ0n) is 20.5. The van der Waals surface area contributed by atoms with Gasteiger partial charge in [-0.1, -0.05) is 18.6 Å². The van der Waals surface area contributed by atoms with Crippen LogP contribution in [0, 0.1) is 0 Å². The van der Waals surface area contributed by atoms with E-state index >= 15 is 0 Å². The summed E-state index contributed by atoms with van der Waals surface area (Å²) in [6, 6.07) is 12.2. The number of piperidine rings is 1. The quantitative estimate of drug-likeness (QED) is 0.432. The lowest BCUT2D eigenvalue weighted by molar-refractivity contribution is -0.134. The Bertz CT molecular complexity index is 1180. The molecule has 0 aliphatic carbocycles. The maximum Gasteiger partial charge on any atom is 0.261 e. The molecule has 8 nitrogen and oxygen atoms in total. The number of fused-ring (bicyclic) bond motifs is 2. The molecule has 0 N–H and O–H groups in total. The molecule has 0 atom stereocenters. The summed E-state index contributed by atoms with van der Waals surface area (Å²) >= 11 is 0. The fraction of sp³-hybridized carbons (Fsp3) is 0.429. The van der Waals surface area contributed by atoms with Crippen molar-refractivity contribution in [3.8, 4) is 11.5 Å². The fourth-order valence-corrected chi connectivity index (χ4v) is 5.37. The van der Waals surface area contributed by atoms with Gasteiger partial charge < -0.3 is 14.4 Å². The number of likely N-dealkylation sites (tertiary alicyclic amines) is 1. The molecule has 188 valence electrons. The van der Waals surface area contributed by atoms with Gasteiger partial charge in [-0.2, -0.15) is 0 Å². The summed E-state index contributed by atoms with van der Waals surface area (Å²) in [5.74, 6) is 0.889. The number of unbranched alkanes of at least 4 members (excludes halogenated alkanes) is 2. The summed E-state index contributed by atoms with van der Waals surface area (Å²) in [4.78, 5) is 53.6. The van der Waals surface area contributed by atoms with Gasteiger partial charge in [-0.05, 0) is 43.2 Å². The molecule has 2 aromatic rings. The second kappa shape index (κ2) is 9.76. The Morgan fingerprint density at radius 1 is 0.944 bits per heavy atom. The van der Waals surface area contributed by atoms with Gasteiger partial charge >= 0.3 is 0 Å². The van der Waals surface area contributed by atoms with Crippen molar-refractivity contribution < 1.29 is 28.7 Å². The van der Waals surface area contributed by atoms with Crippen LogP contribution in [0.25, 0.3) is 0 Å². The molecule has 1 fully saturated rings. The lowest BCUT2D eigenvalue weighted by atomic mass is 9.82. The van der Waals surface area contributed by atoms with Crippen molar-refractivity contribution in [1.82, 2.24) is 9.80 Å². The first kappa shape index (κ1) is 24.0. The van der Waals surface area contributed by atoms with Crippen LogP contribution in [0.4, 0.5) is 0 Å². The highest BCUT2D eigenvalue weighted by atomic mass is 16.5. The van der Waals surface area contributed by atoms with Crippen molar-refractivity contribution in [3.05, 3.63) is 59.2 Å². The lowest BCUT2D eigenvalue weighted by Crippen LogP contribution is -2.52. The van der Waals surface area contributed by atoms with Gasteiger partial charge in [-0.25, -0.2) is 0 Å². The van der Waals surface area contributed by atoms with E-state index < -0.39 is 5.60 Å². The maximum atomic E-state index is 12.8. The minimum Gasteiger partial charge on any atom is -0.497 e. The zero-order chi connectivity index (χ0) is 25.3. The molecule has 0 saturated carbocycles. The number of carbonyl (C=O) groups excluding carboxylic acids is 4. The molecule has 5 rings (SSSR count). The first-order valence-electron chi connectivity index (χ1n) is 12.5. The van der Waals surface area contributed by atoms with Crippen LogP contribution < -0.4 is 9.47 Å². The van der Waals surface area contributed by atoms with E-state index in [1.54, 1.807) is 49.6 Å². The van der Waals surface area contributed by atoms with E-state index in [0.717, 1.165) is 6.42 Å². The van der Waals surface area contributed by atoms with E-state index in [-0.39, 0.29) is 23.5 Å². The molecule has 8 heteroatoms. The maximum absolute atomic E-state index is 12.8. The average Bonchev–Trinajstić information content (AvgIpc) is 3.13. The van der Waals surface area contributed by atoms with E-state index in [0.29, 0.717) is 86.3 Å². The molecule has 2 aromatic carbocycles. The summed E-state index contributed by atoms with van der Waals surface area (Å²) in [5.41, 5.74) is 0.932. The molecule has 1 saturated heterocycles. The van der Waals surface area contributed by atoms with Gasteiger partial charge in [-0.3, -0.25) is 24.1 Å². The van der Waals surface area contributed by atoms with Crippen LogP contribution in [-0.4, -0.2) is 65.6 Å². The van der Waals surface area contributed by atoms with Gasteiger partial charge in [-0.15, -0.1) is 0 Å². The Hall–Kier alpha value is -3.68. The predicted octanol–water partition coefficient (Wildman–Crippen LogP) is 3.88. The lowest BCUT2D eigenvalue weighted by Gasteiger charge is -2.44. The van der Waals surface area contributed by atoms with Crippen LogP contribution >= 0.6 is 0 Å². The monoisotopic (exact) mass is 490 g/mol. The molecule has 36 heavy (non-hydrogen) atoms. The van der Waals surface area contributed by atoms with Crippen molar-refractivity contribution in [2.45, 2.75) is 50.5 Å². The number of imide groups is 1. The first-order valence-corrected chi connectivity index (χ1v) is 12.5. The fourth-order valence-electron chi connectivity index (χ4n) is 5.37. The molecule has 0 bridgehead atoms. The van der Waals surface area contributed by atoms with Gasteiger partial charge in [0.1, 0.15) is 17.1 Å². The number of ketones is 1. The minimum atomic E-state index is -0.554. The van der Waals surface area contributed by atoms with Crippen LogP contribution in [0.5, 0.6) is 11.5 Å². The molecule has 0 unspecified atom stereocenters. The van der Waals surface area contributed by atoms with E-state index in [4.69, 9.17) is 9.47 Å². The zero-order valence-corrected chi connectivity index (χ0v) is 20.5. The molecule has 3 amide bonds. The highest BCUT2D eigenvalue weighted by Crippen LogP contribution is 2.40. The molecular weight excluding hydrogens is 460 g/mol. The van der Waals surface area contributed by atoms with Gasteiger partial charge in [0.15, 0.2) is 5.78 Å². The summed E-state index contributed by atoms with van der Waals surface area (Å²) in [6.45, 7) is 1.49. The minimum absolute atomic E-state index is 0.0491. The van der Waals surface area contributed by atoms with Crippen LogP contribution in [0.3, 0.4) is 0 Å². The summed E-state index contributed by atoms with van der Waals surface area (Å²) in [6.07, 6.45) is 4.11. The summed E-state index contributed by atoms with van der Waals surface area (Å²) in [7, 11) is 1.57. The van der Waals surface area contributed by atoms with Crippen LogP contribution in [0.1, 0.15) is 76.0 Å². The SMILES string of the molecule is COc1ccc2c(c1)C(=O)CC1(CCN(C(=O)CCCCCN3C(=O)c4ccccc4C3=O)CC1)O2. The van der Waals surface area contributed by atoms with E-state index in [2.05, 4.69) is 0 Å². The second-order valence-electron chi connectivity index (χ2n) is 9.75. The molecule has 3 heterocycles. The molecule has 1 spiro atoms. The number of carbonyl (C=O) groups is 4. The number of hydrogen-bond acceptors (Lipinski definition) is 6. The third kappa shape index (κ3) is 4.47. The smallest absolute Gasteiger partial charge is 0.261 e. The topological polar surface area (TPSA) is 93.2 Å². The average molecular weight is 491 g/mol. The highest BCUT2D eigenvalue weighted by molar-refractivity contribution is 6.21. The van der Waals surface area contributed by atoms with Crippen molar-refractivity contribution >= 4 is 23.5 Å². The normalized spacial score (nSPS) is 18.2. The van der Waals surface area contributed by atoms with Gasteiger partial charge in [0, 0.05) is 38.9 Å². The number of nitrogens with zero attached hydrogens (tertiary/aromatic N) is 2. The van der Waals surface area contributed by atoms with E-state index in [9.17, 15) is 19.2 Å².